The first kappa shape index (κ1) is 17.0. The third-order valence-corrected chi connectivity index (χ3v) is 4.27. The van der Waals surface area contributed by atoms with Crippen LogP contribution in [0.1, 0.15) is 37.4 Å². The zero-order valence-electron chi connectivity index (χ0n) is 14.5. The summed E-state index contributed by atoms with van der Waals surface area (Å²) in [6.45, 7) is 4.50. The topological polar surface area (TPSA) is 88.1 Å². The summed E-state index contributed by atoms with van der Waals surface area (Å²) in [7, 11) is 0. The van der Waals surface area contributed by atoms with Crippen molar-refractivity contribution in [2.24, 2.45) is 0 Å². The number of carbonyl (C=O) groups excluding carboxylic acids is 2. The predicted molar refractivity (Wildman–Crippen MR) is 95.2 cm³/mol. The fourth-order valence-electron chi connectivity index (χ4n) is 2.95. The van der Waals surface area contributed by atoms with Crippen LogP contribution in [0.4, 0.5) is 10.5 Å². The number of aromatic nitrogens is 2. The summed E-state index contributed by atoms with van der Waals surface area (Å²) in [5, 5.41) is 12.9. The minimum Gasteiger partial charge on any atom is -0.334 e. The van der Waals surface area contributed by atoms with Gasteiger partial charge in [0.25, 0.3) is 0 Å². The van der Waals surface area contributed by atoms with Crippen molar-refractivity contribution in [1.82, 2.24) is 20.4 Å². The molecule has 1 aliphatic rings. The lowest BCUT2D eigenvalue weighted by atomic mass is 9.98. The van der Waals surface area contributed by atoms with Gasteiger partial charge >= 0.3 is 6.03 Å². The largest absolute Gasteiger partial charge is 0.334 e. The number of rotatable bonds is 5. The van der Waals surface area contributed by atoms with Gasteiger partial charge in [-0.2, -0.15) is 5.10 Å². The second-order valence-corrected chi connectivity index (χ2v) is 6.43. The van der Waals surface area contributed by atoms with Gasteiger partial charge in [-0.25, -0.2) is 4.79 Å². The van der Waals surface area contributed by atoms with Gasteiger partial charge in [-0.15, -0.1) is 0 Å². The Kier molecular flexibility index (Phi) is 5.02. The molecular formula is C18H23N5O2. The molecule has 7 heteroatoms. The molecule has 0 aliphatic carbocycles. The highest BCUT2D eigenvalue weighted by molar-refractivity contribution is 5.93. The summed E-state index contributed by atoms with van der Waals surface area (Å²) in [6, 6.07) is 7.37. The monoisotopic (exact) mass is 341 g/mol. The highest BCUT2D eigenvalue weighted by Gasteiger charge is 2.17. The van der Waals surface area contributed by atoms with E-state index in [0.717, 1.165) is 23.2 Å². The molecule has 2 heterocycles. The molecule has 3 N–H and O–H groups in total. The van der Waals surface area contributed by atoms with E-state index in [0.29, 0.717) is 13.0 Å². The molecule has 2 atom stereocenters. The molecule has 1 aliphatic heterocycles. The molecule has 0 spiro atoms. The molecular weight excluding hydrogens is 318 g/mol. The Morgan fingerprint density at radius 3 is 2.92 bits per heavy atom. The summed E-state index contributed by atoms with van der Waals surface area (Å²) in [4.78, 5) is 23.6. The van der Waals surface area contributed by atoms with Gasteiger partial charge in [0.2, 0.25) is 5.91 Å². The van der Waals surface area contributed by atoms with Crippen LogP contribution in [0.15, 0.2) is 36.7 Å². The first-order valence-corrected chi connectivity index (χ1v) is 8.48. The standard InChI is InChI=1S/C18H23N5O2/c1-12(11-23-9-3-8-19-23)20-18(25)21-13(2)14-4-6-16-15(10-14)5-7-17(24)22-16/h3-4,6,8-10,12-13H,5,7,11H2,1-2H3,(H,22,24)(H2,20,21,25)/t12-,13+/m1/s1. The van der Waals surface area contributed by atoms with Crippen molar-refractivity contribution in [3.8, 4) is 0 Å². The molecule has 0 fully saturated rings. The zero-order valence-corrected chi connectivity index (χ0v) is 14.5. The number of urea groups is 1. The molecule has 1 aromatic carbocycles. The van der Waals surface area contributed by atoms with E-state index in [2.05, 4.69) is 21.0 Å². The molecule has 0 radical (unpaired) electrons. The van der Waals surface area contributed by atoms with Crippen LogP contribution in [-0.4, -0.2) is 27.8 Å². The summed E-state index contributed by atoms with van der Waals surface area (Å²) in [5.41, 5.74) is 2.99. The van der Waals surface area contributed by atoms with Gasteiger partial charge in [0, 0.05) is 30.5 Å². The van der Waals surface area contributed by atoms with E-state index < -0.39 is 0 Å². The Hall–Kier alpha value is -2.83. The molecule has 1 aromatic heterocycles. The van der Waals surface area contributed by atoms with E-state index in [1.165, 1.54) is 0 Å². The van der Waals surface area contributed by atoms with Crippen LogP contribution in [0.3, 0.4) is 0 Å². The SMILES string of the molecule is C[C@H](Cn1cccn1)NC(=O)N[C@@H](C)c1ccc2c(c1)CCC(=O)N2. The van der Waals surface area contributed by atoms with Crippen LogP contribution in [0.5, 0.6) is 0 Å². The predicted octanol–water partition coefficient (Wildman–Crippen LogP) is 2.22. The lowest BCUT2D eigenvalue weighted by molar-refractivity contribution is -0.116. The number of hydrogen-bond acceptors (Lipinski definition) is 3. The van der Waals surface area contributed by atoms with Crippen molar-refractivity contribution >= 4 is 17.6 Å². The highest BCUT2D eigenvalue weighted by atomic mass is 16.2. The number of hydrogen-bond donors (Lipinski definition) is 3. The first-order chi connectivity index (χ1) is 12.0. The van der Waals surface area contributed by atoms with E-state index in [4.69, 9.17) is 0 Å². The Morgan fingerprint density at radius 1 is 1.32 bits per heavy atom. The van der Waals surface area contributed by atoms with Crippen molar-refractivity contribution in [3.05, 3.63) is 47.8 Å². The van der Waals surface area contributed by atoms with Gasteiger partial charge in [-0.05, 0) is 43.5 Å². The van der Waals surface area contributed by atoms with Crippen LogP contribution in [0.2, 0.25) is 0 Å². The van der Waals surface area contributed by atoms with E-state index in [1.54, 1.807) is 10.9 Å². The number of nitrogens with one attached hydrogen (secondary N) is 3. The normalized spacial score (nSPS) is 15.7. The second-order valence-electron chi connectivity index (χ2n) is 6.43. The minimum atomic E-state index is -0.210. The summed E-state index contributed by atoms with van der Waals surface area (Å²) < 4.78 is 1.78. The van der Waals surface area contributed by atoms with E-state index >= 15 is 0 Å². The van der Waals surface area contributed by atoms with Crippen LogP contribution in [-0.2, 0) is 17.8 Å². The van der Waals surface area contributed by atoms with Crippen molar-refractivity contribution < 1.29 is 9.59 Å². The third kappa shape index (κ3) is 4.37. The van der Waals surface area contributed by atoms with Gasteiger partial charge in [-0.3, -0.25) is 9.48 Å². The number of benzene rings is 1. The van der Waals surface area contributed by atoms with Crippen molar-refractivity contribution in [1.29, 1.82) is 0 Å². The maximum absolute atomic E-state index is 12.2. The lowest BCUT2D eigenvalue weighted by Gasteiger charge is -2.21. The fourth-order valence-corrected chi connectivity index (χ4v) is 2.95. The quantitative estimate of drug-likeness (QED) is 0.779. The average Bonchev–Trinajstić information content (AvgIpc) is 3.06. The molecule has 0 saturated heterocycles. The Balaban J connectivity index is 1.55. The van der Waals surface area contributed by atoms with Gasteiger partial charge < -0.3 is 16.0 Å². The molecule has 7 nitrogen and oxygen atoms in total. The van der Waals surface area contributed by atoms with Crippen molar-refractivity contribution in [2.45, 2.75) is 45.3 Å². The summed E-state index contributed by atoms with van der Waals surface area (Å²) in [5.74, 6) is 0.0528. The van der Waals surface area contributed by atoms with Crippen LogP contribution in [0, 0.1) is 0 Å². The Morgan fingerprint density at radius 2 is 2.16 bits per heavy atom. The molecule has 0 saturated carbocycles. The third-order valence-electron chi connectivity index (χ3n) is 4.27. The van der Waals surface area contributed by atoms with E-state index in [1.807, 2.05) is 44.3 Å². The average molecular weight is 341 g/mol. The smallest absolute Gasteiger partial charge is 0.315 e. The molecule has 0 unspecified atom stereocenters. The molecule has 2 aromatic rings. The molecule has 3 rings (SSSR count). The number of nitrogens with zero attached hydrogens (tertiary/aromatic N) is 2. The minimum absolute atomic E-state index is 0.0363. The van der Waals surface area contributed by atoms with Crippen LogP contribution < -0.4 is 16.0 Å². The number of amides is 3. The highest BCUT2D eigenvalue weighted by Crippen LogP contribution is 2.26. The van der Waals surface area contributed by atoms with Gasteiger partial charge in [0.15, 0.2) is 0 Å². The first-order valence-electron chi connectivity index (χ1n) is 8.48. The molecule has 3 amide bonds. The number of fused-ring (bicyclic) bond motifs is 1. The maximum atomic E-state index is 12.2. The fraction of sp³-hybridized carbons (Fsp3) is 0.389. The number of anilines is 1. The Bertz CT molecular complexity index is 757. The molecule has 0 bridgehead atoms. The van der Waals surface area contributed by atoms with Crippen molar-refractivity contribution in [2.75, 3.05) is 5.32 Å². The number of carbonyl (C=O) groups is 2. The number of aryl methyl sites for hydroxylation is 1. The molecule has 25 heavy (non-hydrogen) atoms. The van der Waals surface area contributed by atoms with Gasteiger partial charge in [0.1, 0.15) is 0 Å². The van der Waals surface area contributed by atoms with E-state index in [9.17, 15) is 9.59 Å². The Labute approximate surface area is 146 Å². The van der Waals surface area contributed by atoms with Crippen molar-refractivity contribution in [3.63, 3.8) is 0 Å². The van der Waals surface area contributed by atoms with Crippen LogP contribution in [0.25, 0.3) is 0 Å². The van der Waals surface area contributed by atoms with Crippen LogP contribution >= 0.6 is 0 Å². The maximum Gasteiger partial charge on any atom is 0.315 e. The summed E-state index contributed by atoms with van der Waals surface area (Å²) in [6.07, 6.45) is 4.82. The molecule has 132 valence electrons. The van der Waals surface area contributed by atoms with Gasteiger partial charge in [0.05, 0.1) is 12.6 Å². The zero-order chi connectivity index (χ0) is 17.8. The second kappa shape index (κ2) is 7.38. The van der Waals surface area contributed by atoms with E-state index in [-0.39, 0.29) is 24.0 Å². The van der Waals surface area contributed by atoms with Gasteiger partial charge in [-0.1, -0.05) is 12.1 Å². The summed E-state index contributed by atoms with van der Waals surface area (Å²) >= 11 is 0. The lowest BCUT2D eigenvalue weighted by Crippen LogP contribution is -2.43.